The maximum atomic E-state index is 14.3. The second-order valence-corrected chi connectivity index (χ2v) is 9.43. The minimum atomic E-state index is -5.28. The summed E-state index contributed by atoms with van der Waals surface area (Å²) in [7, 11) is -4.49. The van der Waals surface area contributed by atoms with Crippen molar-refractivity contribution in [1.29, 1.82) is 0 Å². The summed E-state index contributed by atoms with van der Waals surface area (Å²) in [4.78, 5) is 11.0. The Labute approximate surface area is 189 Å². The second-order valence-electron chi connectivity index (χ2n) is 7.24. The highest BCUT2D eigenvalue weighted by molar-refractivity contribution is 7.90. The van der Waals surface area contributed by atoms with E-state index < -0.39 is 38.6 Å². The van der Waals surface area contributed by atoms with Gasteiger partial charge in [-0.25, -0.2) is 21.6 Å². The summed E-state index contributed by atoms with van der Waals surface area (Å²) in [6.45, 7) is 1.19. The highest BCUT2D eigenvalue weighted by Crippen LogP contribution is 2.44. The third-order valence-electron chi connectivity index (χ3n) is 5.05. The van der Waals surface area contributed by atoms with Gasteiger partial charge in [-0.2, -0.15) is 13.2 Å². The molecule has 2 aromatic carbocycles. The van der Waals surface area contributed by atoms with E-state index in [-0.39, 0.29) is 40.4 Å². The van der Waals surface area contributed by atoms with Crippen molar-refractivity contribution in [3.8, 4) is 5.75 Å². The van der Waals surface area contributed by atoms with Gasteiger partial charge in [0.25, 0.3) is 10.0 Å². The third-order valence-corrected chi connectivity index (χ3v) is 7.05. The van der Waals surface area contributed by atoms with E-state index in [9.17, 15) is 30.8 Å². The van der Waals surface area contributed by atoms with Gasteiger partial charge in [-0.15, -0.1) is 0 Å². The number of carbonyl (C=O) groups is 1. The number of rotatable bonds is 3. The zero-order chi connectivity index (χ0) is 24.2. The number of alkyl halides is 3. The topological polar surface area (TPSA) is 86.6 Å². The largest absolute Gasteiger partial charge is 0.492 e. The molecule has 0 saturated carbocycles. The molecule has 0 saturated heterocycles. The lowest BCUT2D eigenvalue weighted by molar-refractivity contribution is -0.216. The number of carbonyl (C=O) groups excluding carboxylic acids is 1. The van der Waals surface area contributed by atoms with Crippen LogP contribution in [0, 0.1) is 5.82 Å². The summed E-state index contributed by atoms with van der Waals surface area (Å²) < 4.78 is 90.5. The van der Waals surface area contributed by atoms with Crippen molar-refractivity contribution in [3.63, 3.8) is 0 Å². The fourth-order valence-corrected chi connectivity index (χ4v) is 5.44. The van der Waals surface area contributed by atoms with Crippen LogP contribution < -0.4 is 10.1 Å². The monoisotopic (exact) mass is 506 g/mol. The van der Waals surface area contributed by atoms with Crippen LogP contribution in [0.25, 0.3) is 10.9 Å². The lowest BCUT2D eigenvalue weighted by atomic mass is 9.98. The van der Waals surface area contributed by atoms with Gasteiger partial charge in [-0.1, -0.05) is 23.7 Å². The smallest absolute Gasteiger partial charge is 0.491 e. The Hall–Kier alpha value is -2.83. The van der Waals surface area contributed by atoms with Crippen molar-refractivity contribution in [3.05, 3.63) is 59.0 Å². The highest BCUT2D eigenvalue weighted by atomic mass is 35.5. The molecule has 7 nitrogen and oxygen atoms in total. The quantitative estimate of drug-likeness (QED) is 0.428. The van der Waals surface area contributed by atoms with Crippen LogP contribution in [-0.4, -0.2) is 37.7 Å². The molecule has 2 heterocycles. The van der Waals surface area contributed by atoms with Crippen molar-refractivity contribution < 1.29 is 40.2 Å². The number of fused-ring (bicyclic) bond motifs is 3. The highest BCUT2D eigenvalue weighted by Gasteiger charge is 2.47. The van der Waals surface area contributed by atoms with Gasteiger partial charge in [0, 0.05) is 18.1 Å². The van der Waals surface area contributed by atoms with E-state index >= 15 is 0 Å². The fraction of sp³-hybridized carbons (Fsp3) is 0.250. The number of nitrogens with one attached hydrogen (secondary N) is 1. The molecule has 1 unspecified atom stereocenters. The normalized spacial score (nSPS) is 19.0. The number of esters is 1. The van der Waals surface area contributed by atoms with Crippen LogP contribution in [0.15, 0.2) is 47.5 Å². The maximum Gasteiger partial charge on any atom is 0.491 e. The molecule has 0 amide bonds. The molecule has 0 spiro atoms. The van der Waals surface area contributed by atoms with Crippen molar-refractivity contribution in [2.24, 2.45) is 0 Å². The zero-order valence-electron chi connectivity index (χ0n) is 16.7. The molecule has 0 fully saturated rings. The van der Waals surface area contributed by atoms with Crippen LogP contribution in [0.2, 0.25) is 5.02 Å². The van der Waals surface area contributed by atoms with E-state index in [1.165, 1.54) is 31.2 Å². The first-order valence-electron chi connectivity index (χ1n) is 9.38. The first-order valence-corrected chi connectivity index (χ1v) is 11.2. The molecule has 1 aliphatic heterocycles. The molecule has 4 rings (SSSR count). The Balaban J connectivity index is 1.98. The molecular formula is C20H15ClF4N2O5S. The van der Waals surface area contributed by atoms with Crippen molar-refractivity contribution in [1.82, 2.24) is 9.29 Å². The number of ether oxygens (including phenoxy) is 2. The van der Waals surface area contributed by atoms with E-state index in [1.807, 2.05) is 0 Å². The molecule has 3 aromatic rings. The van der Waals surface area contributed by atoms with E-state index in [4.69, 9.17) is 21.1 Å². The lowest BCUT2D eigenvalue weighted by Gasteiger charge is -2.31. The SMILES string of the molecule is CC1(OC(=O)C(F)(F)F)NCCOc2ccc3c(c(Cl)cn3S(=O)(=O)c3ccccc3F)c21. The van der Waals surface area contributed by atoms with Crippen LogP contribution in [0.3, 0.4) is 0 Å². The predicted octanol–water partition coefficient (Wildman–Crippen LogP) is 3.93. The first-order chi connectivity index (χ1) is 15.4. The molecule has 176 valence electrons. The van der Waals surface area contributed by atoms with Crippen molar-refractivity contribution in [2.75, 3.05) is 13.2 Å². The Kier molecular flexibility index (Phi) is 5.58. The van der Waals surface area contributed by atoms with Crippen LogP contribution in [-0.2, 0) is 25.3 Å². The number of benzene rings is 2. The van der Waals surface area contributed by atoms with Gasteiger partial charge in [0.05, 0.1) is 16.1 Å². The third kappa shape index (κ3) is 3.91. The van der Waals surface area contributed by atoms with Gasteiger partial charge in [-0.05, 0) is 31.2 Å². The Morgan fingerprint density at radius 3 is 2.61 bits per heavy atom. The van der Waals surface area contributed by atoms with Gasteiger partial charge < -0.3 is 9.47 Å². The molecule has 13 heteroatoms. The summed E-state index contributed by atoms with van der Waals surface area (Å²) in [5.74, 6) is -3.43. The Morgan fingerprint density at radius 2 is 1.94 bits per heavy atom. The fourth-order valence-electron chi connectivity index (χ4n) is 3.66. The van der Waals surface area contributed by atoms with Crippen LogP contribution in [0.4, 0.5) is 17.6 Å². The minimum Gasteiger partial charge on any atom is -0.492 e. The van der Waals surface area contributed by atoms with E-state index in [2.05, 4.69) is 5.32 Å². The molecule has 1 aromatic heterocycles. The van der Waals surface area contributed by atoms with Crippen molar-refractivity contribution in [2.45, 2.75) is 23.7 Å². The zero-order valence-corrected chi connectivity index (χ0v) is 18.3. The summed E-state index contributed by atoms with van der Waals surface area (Å²) in [5.41, 5.74) is -2.26. The Bertz CT molecular complexity index is 1370. The van der Waals surface area contributed by atoms with E-state index in [1.54, 1.807) is 0 Å². The molecule has 1 atom stereocenters. The minimum absolute atomic E-state index is 0.00363. The summed E-state index contributed by atoms with van der Waals surface area (Å²) in [5, 5.41) is 2.45. The molecule has 0 radical (unpaired) electrons. The number of aromatic nitrogens is 1. The van der Waals surface area contributed by atoms with Crippen LogP contribution >= 0.6 is 11.6 Å². The number of hydrogen-bond acceptors (Lipinski definition) is 6. The molecule has 1 N–H and O–H groups in total. The first kappa shape index (κ1) is 23.3. The molecular weight excluding hydrogens is 492 g/mol. The molecule has 33 heavy (non-hydrogen) atoms. The lowest BCUT2D eigenvalue weighted by Crippen LogP contribution is -2.46. The van der Waals surface area contributed by atoms with E-state index in [0.717, 1.165) is 18.3 Å². The number of nitrogens with zero attached hydrogens (tertiary/aromatic N) is 1. The number of hydrogen-bond donors (Lipinski definition) is 1. The van der Waals surface area contributed by atoms with Crippen LogP contribution in [0.1, 0.15) is 12.5 Å². The van der Waals surface area contributed by atoms with Crippen LogP contribution in [0.5, 0.6) is 5.75 Å². The van der Waals surface area contributed by atoms with Gasteiger partial charge in [0.15, 0.2) is 5.72 Å². The van der Waals surface area contributed by atoms with Gasteiger partial charge >= 0.3 is 12.1 Å². The summed E-state index contributed by atoms with van der Waals surface area (Å²) in [6.07, 6.45) is -4.29. The second kappa shape index (κ2) is 7.89. The summed E-state index contributed by atoms with van der Waals surface area (Å²) >= 11 is 6.33. The molecule has 0 aliphatic carbocycles. The average Bonchev–Trinajstić information content (AvgIpc) is 2.98. The average molecular weight is 507 g/mol. The maximum absolute atomic E-state index is 14.3. The molecule has 0 bridgehead atoms. The standard InChI is InChI=1S/C20H15ClF4N2O5S/c1-19(32-18(28)20(23,24)25)17-14(31-9-8-26-19)7-6-13-16(17)11(21)10-27(13)33(29,30)15-5-3-2-4-12(15)22/h2-7,10,26H,8-9H2,1H3. The summed E-state index contributed by atoms with van der Waals surface area (Å²) in [6, 6.07) is 7.31. The predicted molar refractivity (Wildman–Crippen MR) is 109 cm³/mol. The van der Waals surface area contributed by atoms with Gasteiger partial charge in [0.1, 0.15) is 23.1 Å². The Morgan fingerprint density at radius 1 is 1.24 bits per heavy atom. The van der Waals surface area contributed by atoms with Gasteiger partial charge in [0.2, 0.25) is 0 Å². The number of halogens is 5. The van der Waals surface area contributed by atoms with Crippen molar-refractivity contribution >= 4 is 38.5 Å². The van der Waals surface area contributed by atoms with Gasteiger partial charge in [-0.3, -0.25) is 5.32 Å². The molecule has 1 aliphatic rings. The van der Waals surface area contributed by atoms with E-state index in [0.29, 0.717) is 3.97 Å².